The molecule has 2 aromatic rings. The highest BCUT2D eigenvalue weighted by molar-refractivity contribution is 6.35. The van der Waals surface area contributed by atoms with E-state index < -0.39 is 23.6 Å². The van der Waals surface area contributed by atoms with Gasteiger partial charge in [0.05, 0.1) is 40.8 Å². The van der Waals surface area contributed by atoms with E-state index in [0.717, 1.165) is 37.3 Å². The number of aliphatic hydroxyl groups excluding tert-OH is 1. The summed E-state index contributed by atoms with van der Waals surface area (Å²) in [6, 6.07) is 2.95. The van der Waals surface area contributed by atoms with Crippen LogP contribution in [0.25, 0.3) is 0 Å². The van der Waals surface area contributed by atoms with E-state index >= 15 is 0 Å². The predicted octanol–water partition coefficient (Wildman–Crippen LogP) is 5.75. The van der Waals surface area contributed by atoms with Crippen molar-refractivity contribution in [2.24, 2.45) is 11.8 Å². The monoisotopic (exact) mass is 622 g/mol. The van der Waals surface area contributed by atoms with Crippen LogP contribution in [0, 0.1) is 28.9 Å². The van der Waals surface area contributed by atoms with Gasteiger partial charge < -0.3 is 25.5 Å². The van der Waals surface area contributed by atoms with Gasteiger partial charge in [-0.1, -0.05) is 23.2 Å². The number of pyridine rings is 1. The Balaban J connectivity index is 1.61. The topological polar surface area (TPSA) is 116 Å². The molecule has 2 saturated carbocycles. The number of nitrogens with one attached hydrogen (secondary N) is 2. The highest BCUT2D eigenvalue weighted by Crippen LogP contribution is 2.38. The molecule has 1 heterocycles. The molecule has 2 aliphatic carbocycles. The van der Waals surface area contributed by atoms with E-state index in [2.05, 4.69) is 10.3 Å². The SMILES string of the molecule is CCOC(=O)[C@H]1CC[C@H](N/C(=C(\C=N)C(=O)N(Cc2cc(F)cc(F)c2)CC(O)c2c(Cl)cncc2Cl)C2CC2)CC1. The molecule has 8 nitrogen and oxygen atoms in total. The summed E-state index contributed by atoms with van der Waals surface area (Å²) >= 11 is 12.5. The number of allylic oxidation sites excluding steroid dienone is 1. The highest BCUT2D eigenvalue weighted by Gasteiger charge is 2.35. The number of amides is 1. The van der Waals surface area contributed by atoms with Gasteiger partial charge in [-0.2, -0.15) is 0 Å². The van der Waals surface area contributed by atoms with Crippen LogP contribution in [0.3, 0.4) is 0 Å². The van der Waals surface area contributed by atoms with E-state index in [1.54, 1.807) is 6.92 Å². The van der Waals surface area contributed by atoms with Gasteiger partial charge in [0.15, 0.2) is 0 Å². The summed E-state index contributed by atoms with van der Waals surface area (Å²) in [6.07, 6.45) is 6.63. The summed E-state index contributed by atoms with van der Waals surface area (Å²) < 4.78 is 33.2. The standard InChI is InChI=1S/C30H34Cl2F2N4O4/c1-2-42-30(41)19-5-7-22(8-6-19)37-28(18-3-4-18)23(12-35)29(40)38(15-17-9-20(33)11-21(34)10-17)16-26(39)27-24(31)13-36-14-25(27)32/h9-14,18-19,22,26,35,37,39H,2-8,15-16H2,1H3/b28-23+,35-12?/t19-,22-,26?. The van der Waals surface area contributed by atoms with Gasteiger partial charge in [-0.05, 0) is 69.1 Å². The molecule has 0 saturated heterocycles. The first kappa shape index (κ1) is 31.8. The molecule has 1 unspecified atom stereocenters. The third-order valence-corrected chi connectivity index (χ3v) is 8.16. The van der Waals surface area contributed by atoms with Crippen LogP contribution in [0.1, 0.15) is 62.7 Å². The zero-order chi connectivity index (χ0) is 30.4. The number of rotatable bonds is 12. The number of aliphatic hydroxyl groups is 1. The number of hydrogen-bond donors (Lipinski definition) is 3. The fourth-order valence-corrected chi connectivity index (χ4v) is 5.96. The molecular weight excluding hydrogens is 589 g/mol. The van der Waals surface area contributed by atoms with Crippen LogP contribution in [0.4, 0.5) is 8.78 Å². The summed E-state index contributed by atoms with van der Waals surface area (Å²) in [5.74, 6) is -2.50. The van der Waals surface area contributed by atoms with E-state index in [-0.39, 0.29) is 63.7 Å². The Kier molecular flexibility index (Phi) is 10.9. The number of halogens is 4. The van der Waals surface area contributed by atoms with Crippen LogP contribution in [0.5, 0.6) is 0 Å². The summed E-state index contributed by atoms with van der Waals surface area (Å²) in [5, 5.41) is 23.0. The Labute approximate surface area is 253 Å². The Bertz CT molecular complexity index is 1310. The lowest BCUT2D eigenvalue weighted by molar-refractivity contribution is -0.149. The van der Waals surface area contributed by atoms with Gasteiger partial charge in [0.25, 0.3) is 5.91 Å². The van der Waals surface area contributed by atoms with Crippen LogP contribution in [-0.4, -0.2) is 52.3 Å². The van der Waals surface area contributed by atoms with Crippen molar-refractivity contribution in [2.75, 3.05) is 13.2 Å². The lowest BCUT2D eigenvalue weighted by Gasteiger charge is -2.31. The minimum atomic E-state index is -1.35. The molecule has 0 bridgehead atoms. The Morgan fingerprint density at radius 1 is 1.10 bits per heavy atom. The van der Waals surface area contributed by atoms with Crippen molar-refractivity contribution in [1.82, 2.24) is 15.2 Å². The Hall–Kier alpha value is -3.08. The second-order valence-electron chi connectivity index (χ2n) is 10.7. The number of esters is 1. The van der Waals surface area contributed by atoms with Crippen molar-refractivity contribution in [2.45, 2.75) is 64.1 Å². The molecule has 1 amide bonds. The van der Waals surface area contributed by atoms with Gasteiger partial charge in [-0.15, -0.1) is 0 Å². The Morgan fingerprint density at radius 2 is 1.69 bits per heavy atom. The fraction of sp³-hybridized carbons (Fsp3) is 0.467. The largest absolute Gasteiger partial charge is 0.466 e. The molecule has 2 fully saturated rings. The molecule has 3 N–H and O–H groups in total. The van der Waals surface area contributed by atoms with Gasteiger partial charge in [0, 0.05) is 48.5 Å². The summed E-state index contributed by atoms with van der Waals surface area (Å²) in [4.78, 5) is 31.3. The number of hydrogen-bond acceptors (Lipinski definition) is 7. The Morgan fingerprint density at radius 3 is 2.24 bits per heavy atom. The first-order valence-corrected chi connectivity index (χ1v) is 14.8. The molecule has 0 aliphatic heterocycles. The second kappa shape index (κ2) is 14.4. The molecular formula is C30H34Cl2F2N4O4. The molecule has 1 atom stereocenters. The number of carbonyl (C=O) groups is 2. The number of nitrogens with zero attached hydrogens (tertiary/aromatic N) is 2. The quantitative estimate of drug-likeness (QED) is 0.158. The second-order valence-corrected chi connectivity index (χ2v) is 11.5. The van der Waals surface area contributed by atoms with Crippen LogP contribution in [0.15, 0.2) is 41.9 Å². The van der Waals surface area contributed by atoms with Crippen molar-refractivity contribution in [3.8, 4) is 0 Å². The zero-order valence-corrected chi connectivity index (χ0v) is 24.7. The van der Waals surface area contributed by atoms with Gasteiger partial charge in [-0.3, -0.25) is 14.6 Å². The van der Waals surface area contributed by atoms with E-state index in [1.807, 2.05) is 0 Å². The maximum absolute atomic E-state index is 14.1. The minimum absolute atomic E-state index is 0.000172. The third kappa shape index (κ3) is 8.05. The van der Waals surface area contributed by atoms with Crippen LogP contribution >= 0.6 is 23.2 Å². The van der Waals surface area contributed by atoms with Crippen LogP contribution < -0.4 is 5.32 Å². The molecule has 226 valence electrons. The zero-order valence-electron chi connectivity index (χ0n) is 23.2. The van der Waals surface area contributed by atoms with Gasteiger partial charge >= 0.3 is 5.97 Å². The van der Waals surface area contributed by atoms with Crippen molar-refractivity contribution < 1.29 is 28.2 Å². The van der Waals surface area contributed by atoms with E-state index in [4.69, 9.17) is 33.3 Å². The van der Waals surface area contributed by atoms with E-state index in [1.165, 1.54) is 17.3 Å². The molecule has 1 aromatic carbocycles. The molecule has 1 aromatic heterocycles. The van der Waals surface area contributed by atoms with Crippen molar-refractivity contribution in [3.05, 3.63) is 74.7 Å². The van der Waals surface area contributed by atoms with Crippen molar-refractivity contribution in [1.29, 1.82) is 5.41 Å². The van der Waals surface area contributed by atoms with E-state index in [9.17, 15) is 23.5 Å². The van der Waals surface area contributed by atoms with Gasteiger partial charge in [0.2, 0.25) is 0 Å². The first-order chi connectivity index (χ1) is 20.1. The summed E-state index contributed by atoms with van der Waals surface area (Å²) in [6.45, 7) is 1.55. The normalized spacial score (nSPS) is 19.9. The predicted molar refractivity (Wildman–Crippen MR) is 155 cm³/mol. The summed E-state index contributed by atoms with van der Waals surface area (Å²) in [7, 11) is 0. The lowest BCUT2D eigenvalue weighted by atomic mass is 9.85. The molecule has 0 radical (unpaired) electrons. The molecule has 12 heteroatoms. The fourth-order valence-electron chi connectivity index (χ4n) is 5.35. The number of benzene rings is 1. The number of ether oxygens (including phenoxy) is 1. The minimum Gasteiger partial charge on any atom is -0.466 e. The maximum atomic E-state index is 14.1. The summed E-state index contributed by atoms with van der Waals surface area (Å²) in [5.41, 5.74) is 1.05. The van der Waals surface area contributed by atoms with Gasteiger partial charge in [-0.25, -0.2) is 8.78 Å². The van der Waals surface area contributed by atoms with Gasteiger partial charge in [0.1, 0.15) is 11.6 Å². The molecule has 42 heavy (non-hydrogen) atoms. The van der Waals surface area contributed by atoms with E-state index in [0.29, 0.717) is 38.0 Å². The van der Waals surface area contributed by atoms with Crippen molar-refractivity contribution in [3.63, 3.8) is 0 Å². The maximum Gasteiger partial charge on any atom is 0.308 e. The third-order valence-electron chi connectivity index (χ3n) is 7.56. The van der Waals surface area contributed by atoms with Crippen molar-refractivity contribution >= 4 is 41.3 Å². The molecule has 0 spiro atoms. The molecule has 4 rings (SSSR count). The smallest absolute Gasteiger partial charge is 0.308 e. The van der Waals surface area contributed by atoms with Crippen LogP contribution in [0.2, 0.25) is 10.0 Å². The van der Waals surface area contributed by atoms with Crippen LogP contribution in [-0.2, 0) is 20.9 Å². The highest BCUT2D eigenvalue weighted by atomic mass is 35.5. The molecule has 2 aliphatic rings. The number of aromatic nitrogens is 1. The average molecular weight is 624 g/mol. The average Bonchev–Trinajstić information content (AvgIpc) is 3.78. The lowest BCUT2D eigenvalue weighted by Crippen LogP contribution is -2.40. The first-order valence-electron chi connectivity index (χ1n) is 14.0. The number of carbonyl (C=O) groups excluding carboxylic acids is 2.